The maximum atomic E-state index is 12.5. The van der Waals surface area contributed by atoms with E-state index in [0.29, 0.717) is 17.9 Å². The van der Waals surface area contributed by atoms with Crippen LogP contribution < -0.4 is 5.32 Å². The van der Waals surface area contributed by atoms with Gasteiger partial charge in [-0.25, -0.2) is 4.79 Å². The highest BCUT2D eigenvalue weighted by molar-refractivity contribution is 5.82. The smallest absolute Gasteiger partial charge is 0.327 e. The molecule has 1 N–H and O–H groups in total. The molecule has 2 aliphatic carbocycles. The predicted octanol–water partition coefficient (Wildman–Crippen LogP) is 2.04. The zero-order valence-electron chi connectivity index (χ0n) is 13.4. The Bertz CT molecular complexity index is 339. The zero-order valence-corrected chi connectivity index (χ0v) is 13.4. The molecule has 20 heavy (non-hydrogen) atoms. The largest absolute Gasteiger partial charge is 0.468 e. The Labute approximate surface area is 123 Å². The lowest BCUT2D eigenvalue weighted by atomic mass is 9.91. The van der Waals surface area contributed by atoms with Crippen molar-refractivity contribution in [1.82, 2.24) is 10.2 Å². The van der Waals surface area contributed by atoms with Gasteiger partial charge in [0.05, 0.1) is 7.11 Å². The Morgan fingerprint density at radius 1 is 1.40 bits per heavy atom. The molecular weight excluding hydrogens is 252 g/mol. The molecule has 0 saturated heterocycles. The molecule has 2 unspecified atom stereocenters. The highest BCUT2D eigenvalue weighted by Crippen LogP contribution is 2.42. The van der Waals surface area contributed by atoms with Crippen molar-refractivity contribution in [2.75, 3.05) is 27.2 Å². The average Bonchev–Trinajstić information content (AvgIpc) is 3.27. The van der Waals surface area contributed by atoms with E-state index in [-0.39, 0.29) is 5.97 Å². The van der Waals surface area contributed by atoms with Crippen LogP contribution in [0.1, 0.15) is 46.0 Å². The maximum absolute atomic E-state index is 12.5. The molecule has 2 aliphatic rings. The van der Waals surface area contributed by atoms with Gasteiger partial charge in [-0.1, -0.05) is 20.3 Å². The number of hydrogen-bond donors (Lipinski definition) is 1. The second-order valence-corrected chi connectivity index (χ2v) is 6.87. The number of hydrogen-bond acceptors (Lipinski definition) is 4. The van der Waals surface area contributed by atoms with Crippen LogP contribution in [0, 0.1) is 11.8 Å². The van der Waals surface area contributed by atoms with Crippen LogP contribution in [0.5, 0.6) is 0 Å². The van der Waals surface area contributed by atoms with Crippen molar-refractivity contribution in [1.29, 1.82) is 0 Å². The van der Waals surface area contributed by atoms with Crippen LogP contribution in [0.15, 0.2) is 0 Å². The summed E-state index contributed by atoms with van der Waals surface area (Å²) in [6.07, 6.45) is 5.86. The number of ether oxygens (including phenoxy) is 1. The highest BCUT2D eigenvalue weighted by Gasteiger charge is 2.54. The number of methoxy groups -OCH3 is 1. The maximum Gasteiger partial charge on any atom is 0.327 e. The third-order valence-electron chi connectivity index (χ3n) is 4.70. The van der Waals surface area contributed by atoms with Gasteiger partial charge < -0.3 is 9.64 Å². The average molecular weight is 282 g/mol. The summed E-state index contributed by atoms with van der Waals surface area (Å²) in [6, 6.07) is 0.520. The summed E-state index contributed by atoms with van der Waals surface area (Å²) in [6.45, 7) is 6.29. The Morgan fingerprint density at radius 2 is 2.05 bits per heavy atom. The van der Waals surface area contributed by atoms with Crippen molar-refractivity contribution in [2.45, 2.75) is 57.5 Å². The summed E-state index contributed by atoms with van der Waals surface area (Å²) < 4.78 is 5.15. The molecule has 0 aromatic rings. The number of esters is 1. The van der Waals surface area contributed by atoms with Gasteiger partial charge in [0, 0.05) is 19.1 Å². The molecular formula is C16H30N2O2. The molecule has 0 aromatic carbocycles. The van der Waals surface area contributed by atoms with Crippen LogP contribution in [0.3, 0.4) is 0 Å². The number of nitrogens with one attached hydrogen (secondary N) is 1. The zero-order chi connectivity index (χ0) is 14.8. The topological polar surface area (TPSA) is 41.6 Å². The van der Waals surface area contributed by atoms with Crippen LogP contribution in [-0.4, -0.2) is 49.7 Å². The first-order valence-corrected chi connectivity index (χ1v) is 8.06. The van der Waals surface area contributed by atoms with E-state index in [1.165, 1.54) is 26.4 Å². The molecule has 0 aliphatic heterocycles. The number of carbonyl (C=O) groups is 1. The molecule has 116 valence electrons. The molecule has 4 heteroatoms. The third kappa shape index (κ3) is 3.73. The minimum Gasteiger partial charge on any atom is -0.468 e. The lowest BCUT2D eigenvalue weighted by molar-refractivity contribution is -0.151. The molecule has 0 heterocycles. The highest BCUT2D eigenvalue weighted by atomic mass is 16.5. The summed E-state index contributed by atoms with van der Waals surface area (Å²) in [7, 11) is 3.64. The van der Waals surface area contributed by atoms with E-state index in [1.807, 2.05) is 0 Å². The third-order valence-corrected chi connectivity index (χ3v) is 4.70. The van der Waals surface area contributed by atoms with Crippen LogP contribution in [0.25, 0.3) is 0 Å². The van der Waals surface area contributed by atoms with Gasteiger partial charge in [0.1, 0.15) is 5.54 Å². The van der Waals surface area contributed by atoms with Crippen molar-refractivity contribution in [3.8, 4) is 0 Å². The Morgan fingerprint density at radius 3 is 2.50 bits per heavy atom. The molecule has 0 amide bonds. The van der Waals surface area contributed by atoms with Gasteiger partial charge in [0.15, 0.2) is 0 Å². The molecule has 2 fully saturated rings. The first-order chi connectivity index (χ1) is 9.51. The summed E-state index contributed by atoms with van der Waals surface area (Å²) in [5.74, 6) is 1.05. The Balaban J connectivity index is 2.05. The summed E-state index contributed by atoms with van der Waals surface area (Å²) in [4.78, 5) is 14.8. The van der Waals surface area contributed by atoms with Gasteiger partial charge in [0.2, 0.25) is 0 Å². The van der Waals surface area contributed by atoms with Gasteiger partial charge in [-0.3, -0.25) is 5.32 Å². The number of carbonyl (C=O) groups excluding carboxylic acids is 1. The molecule has 2 atom stereocenters. The predicted molar refractivity (Wildman–Crippen MR) is 80.6 cm³/mol. The van der Waals surface area contributed by atoms with Gasteiger partial charge in [-0.05, 0) is 44.6 Å². The van der Waals surface area contributed by atoms with E-state index in [4.69, 9.17) is 4.74 Å². The fraction of sp³-hybridized carbons (Fsp3) is 0.938. The van der Waals surface area contributed by atoms with Crippen molar-refractivity contribution in [3.63, 3.8) is 0 Å². The van der Waals surface area contributed by atoms with Gasteiger partial charge in [-0.2, -0.15) is 0 Å². The second kappa shape index (κ2) is 6.44. The number of nitrogens with zero attached hydrogens (tertiary/aromatic N) is 1. The van der Waals surface area contributed by atoms with Crippen molar-refractivity contribution < 1.29 is 9.53 Å². The van der Waals surface area contributed by atoms with Crippen LogP contribution in [0.2, 0.25) is 0 Å². The van der Waals surface area contributed by atoms with Gasteiger partial charge in [-0.15, -0.1) is 0 Å². The molecule has 0 bridgehead atoms. The fourth-order valence-electron chi connectivity index (χ4n) is 3.08. The summed E-state index contributed by atoms with van der Waals surface area (Å²) in [5.41, 5.74) is -0.474. The molecule has 4 nitrogen and oxygen atoms in total. The first-order valence-electron chi connectivity index (χ1n) is 8.06. The van der Waals surface area contributed by atoms with Crippen LogP contribution in [-0.2, 0) is 9.53 Å². The standard InChI is InChI=1S/C16H30N2O2/c1-5-12(2)10-18(3)11-16(13-6-7-13,15(19)20-4)17-14-8-9-14/h12-14,17H,5-11H2,1-4H3. The molecule has 0 aromatic heterocycles. The SMILES string of the molecule is CCC(C)CN(C)CC(NC1CC1)(C(=O)OC)C1CC1. The monoisotopic (exact) mass is 282 g/mol. The normalized spacial score (nSPS) is 23.4. The van der Waals surface area contributed by atoms with E-state index in [0.717, 1.165) is 25.9 Å². The van der Waals surface area contributed by atoms with Crippen molar-refractivity contribution in [2.24, 2.45) is 11.8 Å². The lowest BCUT2D eigenvalue weighted by Crippen LogP contribution is -2.61. The molecule has 2 saturated carbocycles. The Hall–Kier alpha value is -0.610. The van der Waals surface area contributed by atoms with Crippen molar-refractivity contribution >= 4 is 5.97 Å². The van der Waals surface area contributed by atoms with Gasteiger partial charge in [0.25, 0.3) is 0 Å². The minimum absolute atomic E-state index is 0.0668. The first kappa shape index (κ1) is 15.8. The van der Waals surface area contributed by atoms with Crippen LogP contribution >= 0.6 is 0 Å². The number of rotatable bonds is 9. The van der Waals surface area contributed by atoms with Crippen LogP contribution in [0.4, 0.5) is 0 Å². The van der Waals surface area contributed by atoms with Crippen molar-refractivity contribution in [3.05, 3.63) is 0 Å². The van der Waals surface area contributed by atoms with E-state index in [9.17, 15) is 4.79 Å². The number of likely N-dealkylation sites (N-methyl/N-ethyl adjacent to an activating group) is 1. The van der Waals surface area contributed by atoms with E-state index in [1.54, 1.807) is 0 Å². The molecule has 0 radical (unpaired) electrons. The summed E-state index contributed by atoms with van der Waals surface area (Å²) in [5, 5.41) is 3.62. The van der Waals surface area contributed by atoms with E-state index >= 15 is 0 Å². The molecule has 2 rings (SSSR count). The Kier molecular flexibility index (Phi) is 5.08. The van der Waals surface area contributed by atoms with E-state index < -0.39 is 5.54 Å². The fourth-order valence-corrected chi connectivity index (χ4v) is 3.08. The van der Waals surface area contributed by atoms with Gasteiger partial charge >= 0.3 is 5.97 Å². The lowest BCUT2D eigenvalue weighted by Gasteiger charge is -2.37. The quantitative estimate of drug-likeness (QED) is 0.657. The van der Waals surface area contributed by atoms with E-state index in [2.05, 4.69) is 31.1 Å². The minimum atomic E-state index is -0.474. The molecule has 0 spiro atoms. The summed E-state index contributed by atoms with van der Waals surface area (Å²) >= 11 is 0. The second-order valence-electron chi connectivity index (χ2n) is 6.87.